The van der Waals surface area contributed by atoms with Crippen molar-refractivity contribution in [1.82, 2.24) is 0 Å². The van der Waals surface area contributed by atoms with Crippen LogP contribution in [0.25, 0.3) is 0 Å². The monoisotopic (exact) mass is 248 g/mol. The molecule has 0 aliphatic heterocycles. The van der Waals surface area contributed by atoms with E-state index in [1.54, 1.807) is 0 Å². The molecule has 0 saturated heterocycles. The van der Waals surface area contributed by atoms with Gasteiger partial charge in [-0.25, -0.2) is 0 Å². The van der Waals surface area contributed by atoms with Crippen molar-refractivity contribution in [1.29, 1.82) is 0 Å². The zero-order valence-electron chi connectivity index (χ0n) is 10.8. The van der Waals surface area contributed by atoms with Crippen LogP contribution in [0.2, 0.25) is 0 Å². The second kappa shape index (κ2) is 5.26. The van der Waals surface area contributed by atoms with E-state index >= 15 is 0 Å². The molecule has 0 aromatic heterocycles. The van der Waals surface area contributed by atoms with E-state index in [9.17, 15) is 4.79 Å². The molecule has 92 valence electrons. The second-order valence-electron chi connectivity index (χ2n) is 5.17. The maximum absolute atomic E-state index is 11.5. The molecule has 1 aromatic carbocycles. The van der Waals surface area contributed by atoms with Gasteiger partial charge in [0, 0.05) is 22.5 Å². The first-order valence-corrected chi connectivity index (χ1v) is 7.25. The van der Waals surface area contributed by atoms with E-state index in [4.69, 9.17) is 0 Å². The van der Waals surface area contributed by atoms with Gasteiger partial charge in [0.2, 0.25) is 0 Å². The maximum atomic E-state index is 11.5. The van der Waals surface area contributed by atoms with Crippen molar-refractivity contribution in [3.05, 3.63) is 29.8 Å². The third-order valence-electron chi connectivity index (χ3n) is 3.58. The minimum atomic E-state index is 0.227. The topological polar surface area (TPSA) is 17.1 Å². The zero-order chi connectivity index (χ0) is 12.4. The summed E-state index contributed by atoms with van der Waals surface area (Å²) in [5.41, 5.74) is 1.38. The predicted octanol–water partition coefficient (Wildman–Crippen LogP) is 4.27. The lowest BCUT2D eigenvalue weighted by molar-refractivity contribution is -0.120. The summed E-state index contributed by atoms with van der Waals surface area (Å²) in [4.78, 5) is 12.8. The lowest BCUT2D eigenvalue weighted by Crippen LogP contribution is -2.11. The molecule has 0 bridgehead atoms. The first-order valence-electron chi connectivity index (χ1n) is 6.37. The van der Waals surface area contributed by atoms with Crippen LogP contribution < -0.4 is 0 Å². The van der Waals surface area contributed by atoms with Crippen LogP contribution in [0.5, 0.6) is 0 Å². The van der Waals surface area contributed by atoms with E-state index in [-0.39, 0.29) is 5.92 Å². The number of Topliss-reactive ketones (excluding diaryl/α,β-unsaturated/α-hetero) is 1. The Balaban J connectivity index is 2.02. The predicted molar refractivity (Wildman–Crippen MR) is 73.6 cm³/mol. The highest BCUT2D eigenvalue weighted by Crippen LogP contribution is 2.37. The maximum Gasteiger partial charge on any atom is 0.136 e. The Morgan fingerprint density at radius 1 is 1.24 bits per heavy atom. The summed E-state index contributed by atoms with van der Waals surface area (Å²) >= 11 is 1.86. The Morgan fingerprint density at radius 3 is 2.35 bits per heavy atom. The fourth-order valence-corrected chi connectivity index (χ4v) is 3.47. The first kappa shape index (κ1) is 12.7. The van der Waals surface area contributed by atoms with Gasteiger partial charge in [-0.3, -0.25) is 4.79 Å². The summed E-state index contributed by atoms with van der Waals surface area (Å²) in [7, 11) is 0. The molecule has 1 fully saturated rings. The summed E-state index contributed by atoms with van der Waals surface area (Å²) in [5, 5.41) is 0.479. The molecule has 0 amide bonds. The van der Waals surface area contributed by atoms with Crippen LogP contribution in [-0.2, 0) is 4.79 Å². The molecule has 2 heteroatoms. The van der Waals surface area contributed by atoms with Crippen molar-refractivity contribution in [3.63, 3.8) is 0 Å². The van der Waals surface area contributed by atoms with Crippen LogP contribution >= 0.6 is 11.8 Å². The Bertz CT molecular complexity index is 394. The van der Waals surface area contributed by atoms with Crippen molar-refractivity contribution < 1.29 is 4.79 Å². The Kier molecular flexibility index (Phi) is 3.93. The summed E-state index contributed by atoms with van der Waals surface area (Å²) < 4.78 is 0. The number of benzene rings is 1. The number of hydrogen-bond acceptors (Lipinski definition) is 2. The average molecular weight is 248 g/mol. The van der Waals surface area contributed by atoms with Gasteiger partial charge in [-0.1, -0.05) is 32.9 Å². The van der Waals surface area contributed by atoms with Crippen molar-refractivity contribution in [2.45, 2.75) is 49.7 Å². The molecule has 1 aliphatic rings. The molecule has 17 heavy (non-hydrogen) atoms. The van der Waals surface area contributed by atoms with Gasteiger partial charge >= 0.3 is 0 Å². The van der Waals surface area contributed by atoms with Crippen molar-refractivity contribution >= 4 is 17.5 Å². The van der Waals surface area contributed by atoms with Gasteiger partial charge in [-0.15, -0.1) is 11.8 Å². The van der Waals surface area contributed by atoms with E-state index in [1.807, 2.05) is 11.8 Å². The molecule has 2 rings (SSSR count). The molecule has 0 N–H and O–H groups in total. The summed E-state index contributed by atoms with van der Waals surface area (Å²) in [6.45, 7) is 6.48. The molecule has 0 spiro atoms. The van der Waals surface area contributed by atoms with Gasteiger partial charge in [0.15, 0.2) is 0 Å². The van der Waals surface area contributed by atoms with Crippen LogP contribution in [0, 0.1) is 5.92 Å². The number of thioether (sulfide) groups is 1. The average Bonchev–Trinajstić information content (AvgIpc) is 2.62. The molecule has 1 aliphatic carbocycles. The fourth-order valence-electron chi connectivity index (χ4n) is 2.24. The lowest BCUT2D eigenvalue weighted by atomic mass is 10.0. The summed E-state index contributed by atoms with van der Waals surface area (Å²) in [6, 6.07) is 8.79. The normalized spacial score (nSPS) is 24.6. The van der Waals surface area contributed by atoms with E-state index < -0.39 is 0 Å². The quantitative estimate of drug-likeness (QED) is 0.794. The van der Waals surface area contributed by atoms with Gasteiger partial charge in [-0.05, 0) is 30.0 Å². The van der Waals surface area contributed by atoms with Crippen molar-refractivity contribution in [2.75, 3.05) is 0 Å². The molecule has 1 saturated carbocycles. The number of ketones is 1. The van der Waals surface area contributed by atoms with Crippen molar-refractivity contribution in [2.24, 2.45) is 5.92 Å². The third kappa shape index (κ3) is 2.92. The first-order chi connectivity index (χ1) is 8.08. The zero-order valence-corrected chi connectivity index (χ0v) is 11.6. The SMILES string of the molecule is CC(C)c1ccc(SC2CCC(=O)C2C)cc1. The van der Waals surface area contributed by atoms with E-state index in [2.05, 4.69) is 45.0 Å². The van der Waals surface area contributed by atoms with Crippen LogP contribution in [-0.4, -0.2) is 11.0 Å². The summed E-state index contributed by atoms with van der Waals surface area (Å²) in [6.07, 6.45) is 1.81. The van der Waals surface area contributed by atoms with Gasteiger partial charge in [0.25, 0.3) is 0 Å². The number of carbonyl (C=O) groups is 1. The van der Waals surface area contributed by atoms with Gasteiger partial charge in [0.05, 0.1) is 0 Å². The molecule has 1 aromatic rings. The molecular formula is C15H20OS. The Labute approximate surface area is 108 Å². The van der Waals surface area contributed by atoms with E-state index in [1.165, 1.54) is 10.5 Å². The molecule has 0 heterocycles. The standard InChI is InChI=1S/C15H20OS/c1-10(2)12-4-6-13(7-5-12)17-15-9-8-14(16)11(15)3/h4-7,10-11,15H,8-9H2,1-3H3. The fraction of sp³-hybridized carbons (Fsp3) is 0.533. The van der Waals surface area contributed by atoms with Gasteiger partial charge in [0.1, 0.15) is 5.78 Å². The van der Waals surface area contributed by atoms with Crippen LogP contribution in [0.1, 0.15) is 45.1 Å². The number of carbonyl (C=O) groups excluding carboxylic acids is 1. The van der Waals surface area contributed by atoms with E-state index in [0.717, 1.165) is 12.8 Å². The van der Waals surface area contributed by atoms with Gasteiger partial charge < -0.3 is 0 Å². The molecular weight excluding hydrogens is 228 g/mol. The second-order valence-corrected chi connectivity index (χ2v) is 6.49. The Morgan fingerprint density at radius 2 is 1.88 bits per heavy atom. The minimum absolute atomic E-state index is 0.227. The van der Waals surface area contributed by atoms with Crippen LogP contribution in [0.4, 0.5) is 0 Å². The smallest absolute Gasteiger partial charge is 0.136 e. The number of hydrogen-bond donors (Lipinski definition) is 0. The van der Waals surface area contributed by atoms with Crippen LogP contribution in [0.3, 0.4) is 0 Å². The molecule has 1 nitrogen and oxygen atoms in total. The highest BCUT2D eigenvalue weighted by Gasteiger charge is 2.31. The Hall–Kier alpha value is -0.760. The lowest BCUT2D eigenvalue weighted by Gasteiger charge is -2.14. The number of rotatable bonds is 3. The largest absolute Gasteiger partial charge is 0.299 e. The summed E-state index contributed by atoms with van der Waals surface area (Å²) in [5.74, 6) is 1.24. The minimum Gasteiger partial charge on any atom is -0.299 e. The van der Waals surface area contributed by atoms with Crippen LogP contribution in [0.15, 0.2) is 29.2 Å². The molecule has 2 atom stereocenters. The highest BCUT2D eigenvalue weighted by molar-refractivity contribution is 8.00. The molecule has 2 unspecified atom stereocenters. The van der Waals surface area contributed by atoms with E-state index in [0.29, 0.717) is 17.0 Å². The van der Waals surface area contributed by atoms with Crippen molar-refractivity contribution in [3.8, 4) is 0 Å². The highest BCUT2D eigenvalue weighted by atomic mass is 32.2. The third-order valence-corrected chi connectivity index (χ3v) is 5.07. The molecule has 0 radical (unpaired) electrons. The van der Waals surface area contributed by atoms with Gasteiger partial charge in [-0.2, -0.15) is 0 Å².